The van der Waals surface area contributed by atoms with Crippen LogP contribution in [-0.4, -0.2) is 16.5 Å². The van der Waals surface area contributed by atoms with Gasteiger partial charge in [0.15, 0.2) is 5.79 Å². The van der Waals surface area contributed by atoms with Crippen LogP contribution in [0.4, 0.5) is 0 Å². The highest BCUT2D eigenvalue weighted by atomic mass is 17.2. The third-order valence-electron chi connectivity index (χ3n) is 2.91. The summed E-state index contributed by atoms with van der Waals surface area (Å²) < 4.78 is 0. The van der Waals surface area contributed by atoms with Gasteiger partial charge in [0.1, 0.15) is 0 Å². The molecule has 0 heterocycles. The Hall–Kier alpha value is -0.120. The average molecular weight is 216 g/mol. The second kappa shape index (κ2) is 5.28. The van der Waals surface area contributed by atoms with Crippen molar-refractivity contribution in [2.75, 3.05) is 0 Å². The van der Waals surface area contributed by atoms with Crippen molar-refractivity contribution >= 4 is 0 Å². The molecule has 0 aromatic carbocycles. The Labute approximate surface area is 92.7 Å². The van der Waals surface area contributed by atoms with Crippen LogP contribution in [0.3, 0.4) is 0 Å². The zero-order valence-corrected chi connectivity index (χ0v) is 10.2. The van der Waals surface area contributed by atoms with Crippen LogP contribution in [0.1, 0.15) is 65.7 Å². The number of hydrogen-bond acceptors (Lipinski definition) is 3. The molecule has 1 N–H and O–H groups in total. The Morgan fingerprint density at radius 2 is 1.80 bits per heavy atom. The lowest BCUT2D eigenvalue weighted by atomic mass is 9.95. The molecule has 1 saturated carbocycles. The van der Waals surface area contributed by atoms with Crippen LogP contribution in [0.2, 0.25) is 0 Å². The minimum atomic E-state index is -1.04. The van der Waals surface area contributed by atoms with Crippen LogP contribution in [0.25, 0.3) is 0 Å². The molecule has 0 aromatic heterocycles. The molecular formula is C12H24O3. The van der Waals surface area contributed by atoms with E-state index in [0.717, 1.165) is 25.7 Å². The second-order valence-corrected chi connectivity index (χ2v) is 5.18. The molecule has 0 aromatic rings. The topological polar surface area (TPSA) is 38.7 Å². The summed E-state index contributed by atoms with van der Waals surface area (Å²) in [5.74, 6) is -1.04. The van der Waals surface area contributed by atoms with Crippen LogP contribution >= 0.6 is 0 Å². The van der Waals surface area contributed by atoms with Crippen LogP contribution in [-0.2, 0) is 9.78 Å². The number of hydrogen-bond donors (Lipinski definition) is 1. The van der Waals surface area contributed by atoms with E-state index in [2.05, 4.69) is 6.92 Å². The molecule has 0 radical (unpaired) electrons. The standard InChI is InChI=1S/C12H24O3/c1-4-8-11(2,3)14-15-12(13)9-6-5-7-10-12/h13H,4-10H2,1-3H3. The Morgan fingerprint density at radius 1 is 1.20 bits per heavy atom. The van der Waals surface area contributed by atoms with Crippen molar-refractivity contribution in [1.29, 1.82) is 0 Å². The van der Waals surface area contributed by atoms with Crippen LogP contribution in [0, 0.1) is 0 Å². The summed E-state index contributed by atoms with van der Waals surface area (Å²) in [5.41, 5.74) is -0.304. The Kier molecular flexibility index (Phi) is 4.56. The lowest BCUT2D eigenvalue weighted by molar-refractivity contribution is -0.460. The summed E-state index contributed by atoms with van der Waals surface area (Å²) in [6.07, 6.45) is 6.59. The van der Waals surface area contributed by atoms with E-state index in [0.29, 0.717) is 12.8 Å². The van der Waals surface area contributed by atoms with Crippen molar-refractivity contribution in [3.8, 4) is 0 Å². The van der Waals surface area contributed by atoms with Crippen molar-refractivity contribution in [2.24, 2.45) is 0 Å². The molecule has 3 heteroatoms. The number of aliphatic hydroxyl groups is 1. The Bertz CT molecular complexity index is 183. The van der Waals surface area contributed by atoms with Crippen LogP contribution < -0.4 is 0 Å². The first-order valence-corrected chi connectivity index (χ1v) is 6.07. The van der Waals surface area contributed by atoms with E-state index in [1.54, 1.807) is 0 Å². The highest BCUT2D eigenvalue weighted by Gasteiger charge is 2.33. The molecular weight excluding hydrogens is 192 g/mol. The normalized spacial score (nSPS) is 21.6. The third-order valence-corrected chi connectivity index (χ3v) is 2.91. The minimum Gasteiger partial charge on any atom is -0.363 e. The fraction of sp³-hybridized carbons (Fsp3) is 1.00. The monoisotopic (exact) mass is 216 g/mol. The van der Waals surface area contributed by atoms with Crippen LogP contribution in [0.5, 0.6) is 0 Å². The van der Waals surface area contributed by atoms with E-state index in [9.17, 15) is 5.11 Å². The molecule has 0 amide bonds. The van der Waals surface area contributed by atoms with Gasteiger partial charge in [0, 0.05) is 12.8 Å². The van der Waals surface area contributed by atoms with Gasteiger partial charge in [-0.05, 0) is 33.1 Å². The first-order valence-electron chi connectivity index (χ1n) is 6.07. The lowest BCUT2D eigenvalue weighted by Crippen LogP contribution is -2.38. The fourth-order valence-corrected chi connectivity index (χ4v) is 2.02. The van der Waals surface area contributed by atoms with Gasteiger partial charge >= 0.3 is 0 Å². The molecule has 1 aliphatic carbocycles. The lowest BCUT2D eigenvalue weighted by Gasteiger charge is -2.34. The molecule has 1 rings (SSSR count). The van der Waals surface area contributed by atoms with Gasteiger partial charge in [-0.25, -0.2) is 9.78 Å². The van der Waals surface area contributed by atoms with E-state index >= 15 is 0 Å². The Balaban J connectivity index is 2.34. The van der Waals surface area contributed by atoms with Gasteiger partial charge in [0.05, 0.1) is 5.60 Å². The average Bonchev–Trinajstić information content (AvgIpc) is 2.17. The minimum absolute atomic E-state index is 0.304. The first kappa shape index (κ1) is 12.9. The molecule has 0 saturated heterocycles. The smallest absolute Gasteiger partial charge is 0.199 e. The van der Waals surface area contributed by atoms with E-state index in [1.807, 2.05) is 13.8 Å². The van der Waals surface area contributed by atoms with Gasteiger partial charge < -0.3 is 5.11 Å². The maximum atomic E-state index is 10.1. The highest BCUT2D eigenvalue weighted by molar-refractivity contribution is 4.72. The molecule has 0 unspecified atom stereocenters. The van der Waals surface area contributed by atoms with Crippen molar-refractivity contribution in [3.05, 3.63) is 0 Å². The van der Waals surface area contributed by atoms with Gasteiger partial charge in [0.2, 0.25) is 0 Å². The third kappa shape index (κ3) is 4.49. The maximum Gasteiger partial charge on any atom is 0.199 e. The SMILES string of the molecule is CCCC(C)(C)OOC1(O)CCCCC1. The van der Waals surface area contributed by atoms with Crippen molar-refractivity contribution in [3.63, 3.8) is 0 Å². The fourth-order valence-electron chi connectivity index (χ4n) is 2.02. The quantitative estimate of drug-likeness (QED) is 0.436. The second-order valence-electron chi connectivity index (χ2n) is 5.18. The summed E-state index contributed by atoms with van der Waals surface area (Å²) in [4.78, 5) is 10.6. The molecule has 0 bridgehead atoms. The first-order chi connectivity index (χ1) is 6.97. The summed E-state index contributed by atoms with van der Waals surface area (Å²) in [6.45, 7) is 6.09. The van der Waals surface area contributed by atoms with Crippen molar-refractivity contribution in [2.45, 2.75) is 77.1 Å². The van der Waals surface area contributed by atoms with Gasteiger partial charge in [0.25, 0.3) is 0 Å². The van der Waals surface area contributed by atoms with E-state index in [1.165, 1.54) is 6.42 Å². The van der Waals surface area contributed by atoms with E-state index in [-0.39, 0.29) is 5.60 Å². The van der Waals surface area contributed by atoms with Gasteiger partial charge in [-0.3, -0.25) is 0 Å². The van der Waals surface area contributed by atoms with Crippen molar-refractivity contribution < 1.29 is 14.9 Å². The van der Waals surface area contributed by atoms with Gasteiger partial charge in [-0.15, -0.1) is 0 Å². The molecule has 0 spiro atoms. The Morgan fingerprint density at radius 3 is 2.33 bits per heavy atom. The van der Waals surface area contributed by atoms with E-state index < -0.39 is 5.79 Å². The summed E-state index contributed by atoms with van der Waals surface area (Å²) in [7, 11) is 0. The summed E-state index contributed by atoms with van der Waals surface area (Å²) in [5, 5.41) is 10.1. The molecule has 15 heavy (non-hydrogen) atoms. The molecule has 0 aliphatic heterocycles. The van der Waals surface area contributed by atoms with Crippen molar-refractivity contribution in [1.82, 2.24) is 0 Å². The highest BCUT2D eigenvalue weighted by Crippen LogP contribution is 2.31. The molecule has 1 fully saturated rings. The number of rotatable bonds is 5. The van der Waals surface area contributed by atoms with E-state index in [4.69, 9.17) is 9.78 Å². The largest absolute Gasteiger partial charge is 0.363 e. The predicted octanol–water partition coefficient (Wildman–Crippen LogP) is 3.17. The zero-order valence-electron chi connectivity index (χ0n) is 10.2. The molecule has 1 aliphatic rings. The molecule has 3 nitrogen and oxygen atoms in total. The zero-order chi connectivity index (χ0) is 11.4. The predicted molar refractivity (Wildman–Crippen MR) is 59.2 cm³/mol. The molecule has 0 atom stereocenters. The van der Waals surface area contributed by atoms with Gasteiger partial charge in [-0.2, -0.15) is 0 Å². The maximum absolute atomic E-state index is 10.1. The summed E-state index contributed by atoms with van der Waals surface area (Å²) in [6, 6.07) is 0. The van der Waals surface area contributed by atoms with Gasteiger partial charge in [-0.1, -0.05) is 19.8 Å². The molecule has 90 valence electrons. The van der Waals surface area contributed by atoms with Crippen LogP contribution in [0.15, 0.2) is 0 Å². The summed E-state index contributed by atoms with van der Waals surface area (Å²) >= 11 is 0.